The van der Waals surface area contributed by atoms with Crippen LogP contribution in [0, 0.1) is 0 Å². The molecule has 172 valence electrons. The molecule has 4 nitrogen and oxygen atoms in total. The van der Waals surface area contributed by atoms with Gasteiger partial charge in [-0.1, -0.05) is 45.7 Å². The van der Waals surface area contributed by atoms with Gasteiger partial charge in [-0.25, -0.2) is 0 Å². The van der Waals surface area contributed by atoms with Gasteiger partial charge < -0.3 is 10.0 Å². The minimum atomic E-state index is -4.69. The maximum absolute atomic E-state index is 13.1. The van der Waals surface area contributed by atoms with Crippen molar-refractivity contribution in [2.45, 2.75) is 37.5 Å². The molecule has 1 aliphatic heterocycles. The number of carbonyl (C=O) groups is 2. The lowest BCUT2D eigenvalue weighted by Crippen LogP contribution is -2.49. The van der Waals surface area contributed by atoms with Crippen LogP contribution in [0.25, 0.3) is 0 Å². The van der Waals surface area contributed by atoms with E-state index in [0.29, 0.717) is 44.1 Å². The van der Waals surface area contributed by atoms with E-state index in [4.69, 9.17) is 11.6 Å². The number of aliphatic hydroxyl groups is 1. The van der Waals surface area contributed by atoms with Gasteiger partial charge in [0.25, 0.3) is 0 Å². The van der Waals surface area contributed by atoms with Crippen LogP contribution in [0.15, 0.2) is 46.9 Å². The first-order chi connectivity index (χ1) is 15.0. The summed E-state index contributed by atoms with van der Waals surface area (Å²) in [7, 11) is 0. The van der Waals surface area contributed by atoms with Crippen molar-refractivity contribution in [3.63, 3.8) is 0 Å². The quantitative estimate of drug-likeness (QED) is 0.459. The van der Waals surface area contributed by atoms with E-state index in [0.717, 1.165) is 10.5 Å². The molecule has 0 radical (unpaired) electrons. The Bertz CT molecular complexity index is 1000. The maximum Gasteiger partial charge on any atom is 0.417 e. The number of ketones is 2. The van der Waals surface area contributed by atoms with Gasteiger partial charge in [-0.15, -0.1) is 0 Å². The van der Waals surface area contributed by atoms with Gasteiger partial charge in [0.1, 0.15) is 5.60 Å². The zero-order valence-corrected chi connectivity index (χ0v) is 19.4. The molecule has 3 rings (SSSR count). The lowest BCUT2D eigenvalue weighted by atomic mass is 9.83. The van der Waals surface area contributed by atoms with Gasteiger partial charge in [-0.2, -0.15) is 13.2 Å². The van der Waals surface area contributed by atoms with Gasteiger partial charge in [-0.3, -0.25) is 9.59 Å². The maximum atomic E-state index is 13.1. The number of halogens is 5. The Hall–Kier alpha value is -1.74. The summed E-state index contributed by atoms with van der Waals surface area (Å²) in [4.78, 5) is 27.2. The molecule has 1 fully saturated rings. The molecule has 1 saturated heterocycles. The fourth-order valence-electron chi connectivity index (χ4n) is 3.81. The van der Waals surface area contributed by atoms with Crippen molar-refractivity contribution in [1.29, 1.82) is 0 Å². The Morgan fingerprint density at radius 3 is 2.41 bits per heavy atom. The number of Topliss-reactive ketones (excluding diaryl/α,β-unsaturated/α-hetero) is 2. The van der Waals surface area contributed by atoms with Crippen LogP contribution >= 0.6 is 27.5 Å². The summed E-state index contributed by atoms with van der Waals surface area (Å²) in [5.74, 6) is -0.701. The Kier molecular flexibility index (Phi) is 7.81. The summed E-state index contributed by atoms with van der Waals surface area (Å²) in [6, 6.07) is 10.1. The molecule has 2 aromatic rings. The number of hydrogen-bond donors (Lipinski definition) is 1. The topological polar surface area (TPSA) is 57.6 Å². The predicted molar refractivity (Wildman–Crippen MR) is 119 cm³/mol. The summed E-state index contributed by atoms with van der Waals surface area (Å²) in [6.45, 7) is 1.44. The van der Waals surface area contributed by atoms with Crippen LogP contribution in [0.5, 0.6) is 0 Å². The normalized spacial score (nSPS) is 16.7. The average Bonchev–Trinajstić information content (AvgIpc) is 2.74. The predicted octanol–water partition coefficient (Wildman–Crippen LogP) is 5.79. The second kappa shape index (κ2) is 10.0. The highest BCUT2D eigenvalue weighted by molar-refractivity contribution is 9.10. The van der Waals surface area contributed by atoms with Crippen molar-refractivity contribution in [2.75, 3.05) is 19.6 Å². The molecule has 0 unspecified atom stereocenters. The summed E-state index contributed by atoms with van der Waals surface area (Å²) in [5.41, 5.74) is -2.40. The average molecular weight is 533 g/mol. The lowest BCUT2D eigenvalue weighted by molar-refractivity contribution is -0.137. The van der Waals surface area contributed by atoms with Crippen LogP contribution < -0.4 is 0 Å². The van der Waals surface area contributed by atoms with Crippen LogP contribution in [0.2, 0.25) is 5.02 Å². The molecule has 0 saturated carbocycles. The molecule has 0 bridgehead atoms. The SMILES string of the molecule is O=C(CCCN1CCC(O)(C(=O)c2ccc(Cl)c(C(F)(F)F)c2)CC1)c1ccccc1Br. The minimum Gasteiger partial charge on any atom is -0.382 e. The number of alkyl halides is 3. The second-order valence-corrected chi connectivity index (χ2v) is 9.16. The highest BCUT2D eigenvalue weighted by Crippen LogP contribution is 2.36. The largest absolute Gasteiger partial charge is 0.417 e. The molecule has 9 heteroatoms. The smallest absolute Gasteiger partial charge is 0.382 e. The number of likely N-dealkylation sites (tertiary alicyclic amines) is 1. The molecule has 2 aromatic carbocycles. The van der Waals surface area contributed by atoms with Gasteiger partial charge in [-0.05, 0) is 50.1 Å². The molecule has 1 N–H and O–H groups in total. The molecular weight excluding hydrogens is 511 g/mol. The highest BCUT2D eigenvalue weighted by Gasteiger charge is 2.41. The van der Waals surface area contributed by atoms with E-state index >= 15 is 0 Å². The van der Waals surface area contributed by atoms with Crippen molar-refractivity contribution in [2.24, 2.45) is 0 Å². The zero-order valence-electron chi connectivity index (χ0n) is 17.1. The van der Waals surface area contributed by atoms with E-state index in [9.17, 15) is 27.9 Å². The van der Waals surface area contributed by atoms with Crippen LogP contribution in [0.4, 0.5) is 13.2 Å². The van der Waals surface area contributed by atoms with Crippen molar-refractivity contribution >= 4 is 39.1 Å². The number of hydrogen-bond acceptors (Lipinski definition) is 4. The van der Waals surface area contributed by atoms with E-state index in [1.54, 1.807) is 12.1 Å². The van der Waals surface area contributed by atoms with Crippen LogP contribution in [0.1, 0.15) is 52.0 Å². The standard InChI is InChI=1S/C23H22BrClF3NO3/c24-18-5-2-1-4-16(18)20(30)6-3-11-29-12-9-22(32,10-13-29)21(31)15-7-8-19(25)17(14-15)23(26,27)28/h1-2,4-5,7-8,14,32H,3,6,9-13H2. The van der Waals surface area contributed by atoms with Gasteiger partial charge >= 0.3 is 6.18 Å². The molecule has 0 aromatic heterocycles. The minimum absolute atomic E-state index is 0.0318. The fraction of sp³-hybridized carbons (Fsp3) is 0.391. The van der Waals surface area contributed by atoms with Crippen molar-refractivity contribution in [1.82, 2.24) is 4.90 Å². The second-order valence-electron chi connectivity index (χ2n) is 7.90. The van der Waals surface area contributed by atoms with Gasteiger partial charge in [0.15, 0.2) is 11.6 Å². The Labute approximate surface area is 197 Å². The van der Waals surface area contributed by atoms with Gasteiger partial charge in [0.05, 0.1) is 10.6 Å². The Morgan fingerprint density at radius 1 is 1.12 bits per heavy atom. The summed E-state index contributed by atoms with van der Waals surface area (Å²) in [6.07, 6.45) is -3.49. The fourth-order valence-corrected chi connectivity index (χ4v) is 4.54. The number of piperidine rings is 1. The summed E-state index contributed by atoms with van der Waals surface area (Å²) in [5, 5.41) is 10.3. The first kappa shape index (κ1) is 24.9. The monoisotopic (exact) mass is 531 g/mol. The van der Waals surface area contributed by atoms with E-state index in [1.807, 2.05) is 17.0 Å². The third kappa shape index (κ3) is 5.78. The van der Waals surface area contributed by atoms with Crippen molar-refractivity contribution in [3.8, 4) is 0 Å². The Balaban J connectivity index is 1.55. The molecule has 32 heavy (non-hydrogen) atoms. The number of benzene rings is 2. The third-order valence-corrected chi connectivity index (χ3v) is 6.71. The van der Waals surface area contributed by atoms with Crippen LogP contribution in [-0.4, -0.2) is 46.8 Å². The lowest BCUT2D eigenvalue weighted by Gasteiger charge is -2.37. The van der Waals surface area contributed by atoms with Gasteiger partial charge in [0.2, 0.25) is 0 Å². The van der Waals surface area contributed by atoms with Crippen LogP contribution in [-0.2, 0) is 6.18 Å². The van der Waals surface area contributed by atoms with Crippen molar-refractivity contribution in [3.05, 3.63) is 68.7 Å². The Morgan fingerprint density at radius 2 is 1.78 bits per heavy atom. The molecule has 0 amide bonds. The zero-order chi connectivity index (χ0) is 23.5. The first-order valence-corrected chi connectivity index (χ1v) is 11.3. The number of rotatable bonds is 7. The molecular formula is C23H22BrClF3NO3. The third-order valence-electron chi connectivity index (χ3n) is 5.69. The van der Waals surface area contributed by atoms with E-state index < -0.39 is 28.1 Å². The van der Waals surface area contributed by atoms with E-state index in [2.05, 4.69) is 15.9 Å². The first-order valence-electron chi connectivity index (χ1n) is 10.2. The molecule has 0 atom stereocenters. The molecule has 0 spiro atoms. The molecule has 0 aliphatic carbocycles. The van der Waals surface area contributed by atoms with E-state index in [1.165, 1.54) is 6.07 Å². The summed E-state index contributed by atoms with van der Waals surface area (Å²) < 4.78 is 40.0. The van der Waals surface area contributed by atoms with Crippen molar-refractivity contribution < 1.29 is 27.9 Å². The number of nitrogens with zero attached hydrogens (tertiary/aromatic N) is 1. The summed E-state index contributed by atoms with van der Waals surface area (Å²) >= 11 is 8.99. The molecule has 1 aliphatic rings. The van der Waals surface area contributed by atoms with Gasteiger partial charge in [0, 0.05) is 35.1 Å². The number of carbonyl (C=O) groups excluding carboxylic acids is 2. The molecule has 1 heterocycles. The highest BCUT2D eigenvalue weighted by atomic mass is 79.9. The van der Waals surface area contributed by atoms with E-state index in [-0.39, 0.29) is 24.2 Å². The van der Waals surface area contributed by atoms with Crippen LogP contribution in [0.3, 0.4) is 0 Å².